The molecule has 10 heteroatoms. The smallest absolute Gasteiger partial charge is 0.462 e. The van der Waals surface area contributed by atoms with Gasteiger partial charge in [0.2, 0.25) is 0 Å². The number of nitrogens with zero attached hydrogens (tertiary/aromatic N) is 1. The molecule has 472 valence electrons. The van der Waals surface area contributed by atoms with E-state index in [-0.39, 0.29) is 32.0 Å². The maximum Gasteiger partial charge on any atom is 0.472 e. The van der Waals surface area contributed by atoms with Gasteiger partial charge in [-0.1, -0.05) is 297 Å². The molecule has 82 heavy (non-hydrogen) atoms. The number of rotatable bonds is 61. The third-order valence-corrected chi connectivity index (χ3v) is 15.3. The molecule has 2 unspecified atom stereocenters. The molecule has 0 amide bonds. The van der Waals surface area contributed by atoms with Gasteiger partial charge in [0.1, 0.15) is 19.8 Å². The summed E-state index contributed by atoms with van der Waals surface area (Å²) in [5.74, 6) is -0.815. The Morgan fingerprint density at radius 3 is 1.04 bits per heavy atom. The van der Waals surface area contributed by atoms with Crippen LogP contribution in [-0.4, -0.2) is 74.9 Å². The lowest BCUT2D eigenvalue weighted by molar-refractivity contribution is -0.870. The average molecular weight is 1170 g/mol. The van der Waals surface area contributed by atoms with E-state index in [2.05, 4.69) is 123 Å². The average Bonchev–Trinajstić information content (AvgIpc) is 3.46. The molecule has 0 fully saturated rings. The number of phosphoric acid groups is 1. The van der Waals surface area contributed by atoms with E-state index in [0.717, 1.165) is 109 Å². The van der Waals surface area contributed by atoms with Crippen LogP contribution in [0.1, 0.15) is 284 Å². The first-order chi connectivity index (χ1) is 40.0. The molecule has 0 aromatic carbocycles. The number of hydrogen-bond acceptors (Lipinski definition) is 7. The number of likely N-dealkylation sites (N-methyl/N-ethyl adjacent to an activating group) is 1. The van der Waals surface area contributed by atoms with Crippen LogP contribution < -0.4 is 0 Å². The fraction of sp³-hybridized carbons (Fsp3) is 0.722. The SMILES string of the molecule is CC/C=C\C/C=C\C/C=C\C/C=C\C/C=C\C/C=C\C/C=C\C/C=C\C/C=C\CCCCCCCC(=O)OC(COC(=O)CCCCCCCCCCCCCCCCCCCCCCCCCCC)COP(=O)(O)OCC[N+](C)(C)C. The van der Waals surface area contributed by atoms with Crippen LogP contribution in [0.15, 0.2) is 109 Å². The maximum absolute atomic E-state index is 12.9. The third kappa shape index (κ3) is 65.8. The van der Waals surface area contributed by atoms with E-state index in [9.17, 15) is 19.0 Å². The zero-order valence-electron chi connectivity index (χ0n) is 53.7. The van der Waals surface area contributed by atoms with Crippen LogP contribution >= 0.6 is 7.82 Å². The van der Waals surface area contributed by atoms with Crippen molar-refractivity contribution in [2.45, 2.75) is 290 Å². The molecule has 9 nitrogen and oxygen atoms in total. The summed E-state index contributed by atoms with van der Waals surface area (Å²) in [6, 6.07) is 0. The highest BCUT2D eigenvalue weighted by Gasteiger charge is 2.27. The van der Waals surface area contributed by atoms with Crippen molar-refractivity contribution < 1.29 is 42.1 Å². The van der Waals surface area contributed by atoms with Gasteiger partial charge in [-0.3, -0.25) is 18.6 Å². The molecule has 0 aliphatic heterocycles. The van der Waals surface area contributed by atoms with E-state index in [1.807, 2.05) is 21.1 Å². The van der Waals surface area contributed by atoms with Crippen molar-refractivity contribution in [3.63, 3.8) is 0 Å². The van der Waals surface area contributed by atoms with Crippen LogP contribution in [0, 0.1) is 0 Å². The number of ether oxygens (including phenoxy) is 2. The van der Waals surface area contributed by atoms with Crippen molar-refractivity contribution in [2.24, 2.45) is 0 Å². The maximum atomic E-state index is 12.9. The Kier molecular flexibility index (Phi) is 59.7. The summed E-state index contributed by atoms with van der Waals surface area (Å²) in [6.07, 6.45) is 87.5. The molecular formula is C72H127NO8P+. The number of quaternary nitrogens is 1. The lowest BCUT2D eigenvalue weighted by Gasteiger charge is -2.24. The summed E-state index contributed by atoms with van der Waals surface area (Å²) in [4.78, 5) is 35.8. The minimum atomic E-state index is -4.40. The number of esters is 2. The first-order valence-electron chi connectivity index (χ1n) is 33.6. The lowest BCUT2D eigenvalue weighted by atomic mass is 10.0. The van der Waals surface area contributed by atoms with Crippen molar-refractivity contribution in [3.05, 3.63) is 109 Å². The van der Waals surface area contributed by atoms with E-state index in [4.69, 9.17) is 18.5 Å². The fourth-order valence-electron chi connectivity index (χ4n) is 9.19. The molecule has 0 heterocycles. The van der Waals surface area contributed by atoms with Gasteiger partial charge in [0.15, 0.2) is 6.10 Å². The number of allylic oxidation sites excluding steroid dienone is 18. The molecule has 0 saturated heterocycles. The highest BCUT2D eigenvalue weighted by molar-refractivity contribution is 7.47. The Labute approximate surface area is 506 Å². The third-order valence-electron chi connectivity index (χ3n) is 14.3. The molecule has 0 bridgehead atoms. The van der Waals surface area contributed by atoms with Gasteiger partial charge in [-0.25, -0.2) is 4.57 Å². The van der Waals surface area contributed by atoms with Crippen LogP contribution in [0.2, 0.25) is 0 Å². The van der Waals surface area contributed by atoms with E-state index in [1.165, 1.54) is 141 Å². The summed E-state index contributed by atoms with van der Waals surface area (Å²) in [7, 11) is 1.46. The molecule has 0 aromatic rings. The quantitative estimate of drug-likeness (QED) is 0.0211. The van der Waals surface area contributed by atoms with Gasteiger partial charge in [0, 0.05) is 12.8 Å². The van der Waals surface area contributed by atoms with Crippen molar-refractivity contribution in [1.29, 1.82) is 0 Å². The monoisotopic (exact) mass is 1160 g/mol. The Bertz CT molecular complexity index is 1750. The summed E-state index contributed by atoms with van der Waals surface area (Å²) < 4.78 is 34.7. The predicted octanol–water partition coefficient (Wildman–Crippen LogP) is 21.7. The minimum Gasteiger partial charge on any atom is -0.462 e. The molecule has 0 rings (SSSR count). The number of carbonyl (C=O) groups excluding carboxylic acids is 2. The van der Waals surface area contributed by atoms with Gasteiger partial charge in [0.05, 0.1) is 27.7 Å². The first kappa shape index (κ1) is 78.7. The van der Waals surface area contributed by atoms with Gasteiger partial charge < -0.3 is 18.9 Å². The second-order valence-corrected chi connectivity index (χ2v) is 24.9. The summed E-state index contributed by atoms with van der Waals surface area (Å²) in [5.41, 5.74) is 0. The molecule has 2 atom stereocenters. The molecule has 0 radical (unpaired) electrons. The molecule has 1 N–H and O–H groups in total. The topological polar surface area (TPSA) is 108 Å². The summed E-state index contributed by atoms with van der Waals surface area (Å²) in [5, 5.41) is 0. The normalized spacial score (nSPS) is 13.9. The number of unbranched alkanes of at least 4 members (excludes halogenated alkanes) is 29. The van der Waals surface area contributed by atoms with Gasteiger partial charge >= 0.3 is 19.8 Å². The number of carbonyl (C=O) groups is 2. The van der Waals surface area contributed by atoms with Crippen LogP contribution in [-0.2, 0) is 32.7 Å². The Morgan fingerprint density at radius 2 is 0.695 bits per heavy atom. The lowest BCUT2D eigenvalue weighted by Crippen LogP contribution is -2.37. The van der Waals surface area contributed by atoms with E-state index in [1.54, 1.807) is 0 Å². The van der Waals surface area contributed by atoms with Crippen LogP contribution in [0.4, 0.5) is 0 Å². The largest absolute Gasteiger partial charge is 0.472 e. The predicted molar refractivity (Wildman–Crippen MR) is 353 cm³/mol. The highest BCUT2D eigenvalue weighted by Crippen LogP contribution is 2.43. The number of phosphoric ester groups is 1. The summed E-state index contributed by atoms with van der Waals surface area (Å²) >= 11 is 0. The van der Waals surface area contributed by atoms with Crippen molar-refractivity contribution in [2.75, 3.05) is 47.5 Å². The van der Waals surface area contributed by atoms with E-state index >= 15 is 0 Å². The standard InChI is InChI=1S/C72H126NO8P/c1-6-8-10-12-14-16-18-20-22-24-26-28-30-32-33-34-35-36-37-38-39-41-43-45-47-49-51-53-55-57-59-61-63-65-72(75)81-70(69-80-82(76,77)79-67-66-73(3,4)5)68-78-71(74)64-62-60-58-56-54-52-50-48-46-44-42-40-31-29-27-25-23-21-19-17-15-13-11-9-7-2/h8,10,14,16,20,22,26,28,32-33,35-36,38-39,43,45,49,51,70H,6-7,9,11-13,15,17-19,21,23-25,27,29-31,34,37,40-42,44,46-48,50,52-69H2,1-5H3/p+1/b10-8-,16-14-,22-20-,28-26-,33-32-,36-35-,39-38-,45-43-,51-49-. The van der Waals surface area contributed by atoms with Gasteiger partial charge in [0.25, 0.3) is 0 Å². The summed E-state index contributed by atoms with van der Waals surface area (Å²) in [6.45, 7) is 4.32. The molecule has 0 aromatic heterocycles. The van der Waals surface area contributed by atoms with Gasteiger partial charge in [-0.2, -0.15) is 0 Å². The molecule has 0 aliphatic carbocycles. The van der Waals surface area contributed by atoms with Crippen LogP contribution in [0.5, 0.6) is 0 Å². The molecule has 0 aliphatic rings. The van der Waals surface area contributed by atoms with Crippen molar-refractivity contribution >= 4 is 19.8 Å². The zero-order chi connectivity index (χ0) is 59.8. The van der Waals surface area contributed by atoms with Gasteiger partial charge in [-0.15, -0.1) is 0 Å². The Balaban J connectivity index is 4.16. The van der Waals surface area contributed by atoms with E-state index in [0.29, 0.717) is 17.4 Å². The first-order valence-corrected chi connectivity index (χ1v) is 35.1. The Hall–Kier alpha value is -3.33. The fourth-order valence-corrected chi connectivity index (χ4v) is 9.93. The Morgan fingerprint density at radius 1 is 0.390 bits per heavy atom. The number of hydrogen-bond donors (Lipinski definition) is 1. The minimum absolute atomic E-state index is 0.0235. The van der Waals surface area contributed by atoms with E-state index < -0.39 is 26.5 Å². The zero-order valence-corrected chi connectivity index (χ0v) is 54.6. The molecule has 0 saturated carbocycles. The molecule has 0 spiro atoms. The van der Waals surface area contributed by atoms with Crippen LogP contribution in [0.3, 0.4) is 0 Å². The van der Waals surface area contributed by atoms with Crippen molar-refractivity contribution in [1.82, 2.24) is 0 Å². The molecular weight excluding hydrogens is 1040 g/mol. The second kappa shape index (κ2) is 62.2. The van der Waals surface area contributed by atoms with Crippen molar-refractivity contribution in [3.8, 4) is 0 Å². The second-order valence-electron chi connectivity index (χ2n) is 23.5. The van der Waals surface area contributed by atoms with Gasteiger partial charge in [-0.05, 0) is 83.5 Å². The highest BCUT2D eigenvalue weighted by atomic mass is 31.2. The van der Waals surface area contributed by atoms with Crippen LogP contribution in [0.25, 0.3) is 0 Å².